The quantitative estimate of drug-likeness (QED) is 0.396. The molecule has 0 radical (unpaired) electrons. The molecule has 7 nitrogen and oxygen atoms in total. The highest BCUT2D eigenvalue weighted by Crippen LogP contribution is 2.15. The van der Waals surface area contributed by atoms with Gasteiger partial charge < -0.3 is 0 Å². The van der Waals surface area contributed by atoms with E-state index in [0.29, 0.717) is 11.6 Å². The largest absolute Gasteiger partial charge is 0.293 e. The molecule has 1 heterocycles. The average molecular weight is 287 g/mol. The van der Waals surface area contributed by atoms with E-state index in [4.69, 9.17) is 0 Å². The number of hydrazone groups is 1. The molecule has 0 atom stereocenters. The third-order valence-corrected chi connectivity index (χ3v) is 2.79. The van der Waals surface area contributed by atoms with E-state index in [1.165, 1.54) is 12.1 Å². The number of aromatic nitrogens is 2. The molecule has 1 aromatic carbocycles. The van der Waals surface area contributed by atoms with Gasteiger partial charge >= 0.3 is 0 Å². The van der Waals surface area contributed by atoms with Gasteiger partial charge in [0, 0.05) is 30.9 Å². The summed E-state index contributed by atoms with van der Waals surface area (Å²) in [4.78, 5) is 14.2. The minimum atomic E-state index is -0.428. The predicted octanol–water partition coefficient (Wildman–Crippen LogP) is 3.11. The van der Waals surface area contributed by atoms with Gasteiger partial charge in [0.1, 0.15) is 12.2 Å². The Labute approximate surface area is 122 Å². The number of benzene rings is 1. The van der Waals surface area contributed by atoms with Crippen LogP contribution in [-0.2, 0) is 0 Å². The van der Waals surface area contributed by atoms with Gasteiger partial charge in [-0.05, 0) is 18.1 Å². The molecule has 2 aromatic rings. The fourth-order valence-corrected chi connectivity index (χ4v) is 1.77. The minimum Gasteiger partial charge on any atom is -0.293 e. The van der Waals surface area contributed by atoms with Gasteiger partial charge in [-0.25, -0.2) is 4.98 Å². The second-order valence-electron chi connectivity index (χ2n) is 5.01. The lowest BCUT2D eigenvalue weighted by Gasteiger charge is -2.10. The number of hydrogen-bond acceptors (Lipinski definition) is 5. The van der Waals surface area contributed by atoms with Gasteiger partial charge in [-0.2, -0.15) is 5.10 Å². The van der Waals surface area contributed by atoms with E-state index in [0.717, 1.165) is 12.3 Å². The van der Waals surface area contributed by atoms with Crippen molar-refractivity contribution < 1.29 is 4.92 Å². The van der Waals surface area contributed by atoms with Gasteiger partial charge in [0.25, 0.3) is 5.69 Å². The van der Waals surface area contributed by atoms with Crippen LogP contribution in [0.5, 0.6) is 0 Å². The first-order valence-corrected chi connectivity index (χ1v) is 6.61. The summed E-state index contributed by atoms with van der Waals surface area (Å²) in [6, 6.07) is 6.14. The van der Waals surface area contributed by atoms with Crippen molar-refractivity contribution in [3.8, 4) is 0 Å². The van der Waals surface area contributed by atoms with Crippen molar-refractivity contribution in [2.75, 3.05) is 5.43 Å². The highest BCUT2D eigenvalue weighted by Gasteiger charge is 2.06. The first-order valence-electron chi connectivity index (χ1n) is 6.61. The fourth-order valence-electron chi connectivity index (χ4n) is 1.77. The van der Waals surface area contributed by atoms with Gasteiger partial charge in [-0.1, -0.05) is 13.8 Å². The first kappa shape index (κ1) is 14.7. The Morgan fingerprint density at radius 1 is 1.43 bits per heavy atom. The van der Waals surface area contributed by atoms with Crippen molar-refractivity contribution in [2.24, 2.45) is 11.0 Å². The molecule has 0 amide bonds. The molecule has 0 spiro atoms. The Morgan fingerprint density at radius 2 is 2.14 bits per heavy atom. The molecule has 110 valence electrons. The lowest BCUT2D eigenvalue weighted by molar-refractivity contribution is -0.384. The van der Waals surface area contributed by atoms with Crippen LogP contribution in [0.15, 0.2) is 48.1 Å². The summed E-state index contributed by atoms with van der Waals surface area (Å²) in [5.41, 5.74) is 3.67. The summed E-state index contributed by atoms with van der Waals surface area (Å²) >= 11 is 0. The van der Waals surface area contributed by atoms with Gasteiger partial charge in [-0.15, -0.1) is 0 Å². The summed E-state index contributed by atoms with van der Waals surface area (Å²) in [7, 11) is 0. The van der Waals surface area contributed by atoms with Crippen LogP contribution in [-0.4, -0.2) is 20.3 Å². The third kappa shape index (κ3) is 4.13. The lowest BCUT2D eigenvalue weighted by atomic mass is 10.1. The average Bonchev–Trinajstić information content (AvgIpc) is 2.97. The highest BCUT2D eigenvalue weighted by molar-refractivity contribution is 5.85. The van der Waals surface area contributed by atoms with Crippen LogP contribution in [0.3, 0.4) is 0 Å². The Hall–Kier alpha value is -2.70. The van der Waals surface area contributed by atoms with E-state index in [9.17, 15) is 10.1 Å². The van der Waals surface area contributed by atoms with E-state index >= 15 is 0 Å². The van der Waals surface area contributed by atoms with Gasteiger partial charge in [0.15, 0.2) is 0 Å². The smallest absolute Gasteiger partial charge is 0.269 e. The molecule has 0 bridgehead atoms. The third-order valence-electron chi connectivity index (χ3n) is 2.79. The maximum Gasteiger partial charge on any atom is 0.269 e. The van der Waals surface area contributed by atoms with E-state index in [1.54, 1.807) is 24.7 Å². The second-order valence-corrected chi connectivity index (χ2v) is 5.01. The maximum atomic E-state index is 10.6. The molecule has 7 heteroatoms. The van der Waals surface area contributed by atoms with Crippen LogP contribution >= 0.6 is 0 Å². The molecule has 1 N–H and O–H groups in total. The molecule has 0 aliphatic heterocycles. The van der Waals surface area contributed by atoms with Crippen LogP contribution in [0.2, 0.25) is 0 Å². The molecule has 0 fully saturated rings. The van der Waals surface area contributed by atoms with Crippen molar-refractivity contribution in [1.29, 1.82) is 0 Å². The molecular weight excluding hydrogens is 270 g/mol. The second kappa shape index (κ2) is 6.65. The first-order chi connectivity index (χ1) is 10.1. The molecule has 2 rings (SSSR count). The topological polar surface area (TPSA) is 85.4 Å². The zero-order chi connectivity index (χ0) is 15.2. The van der Waals surface area contributed by atoms with E-state index in [2.05, 4.69) is 29.4 Å². The SMILES string of the molecule is CC(C)C/C(=N/Nc1ccc([N+](=O)[O-])cc1)n1ccnc1. The zero-order valence-corrected chi connectivity index (χ0v) is 11.9. The van der Waals surface area contributed by atoms with Crippen molar-refractivity contribution in [1.82, 2.24) is 9.55 Å². The van der Waals surface area contributed by atoms with E-state index in [1.807, 2.05) is 10.8 Å². The fraction of sp³-hybridized carbons (Fsp3) is 0.286. The van der Waals surface area contributed by atoms with E-state index < -0.39 is 4.92 Å². The van der Waals surface area contributed by atoms with Gasteiger partial charge in [-0.3, -0.25) is 20.1 Å². The summed E-state index contributed by atoms with van der Waals surface area (Å²) < 4.78 is 1.85. The van der Waals surface area contributed by atoms with Crippen LogP contribution in [0.4, 0.5) is 11.4 Å². The standard InChI is InChI=1S/C14H17N5O2/c1-11(2)9-14(18-8-7-15-10-18)17-16-12-3-5-13(6-4-12)19(20)21/h3-8,10-11,16H,9H2,1-2H3/b17-14-. The number of nitrogens with one attached hydrogen (secondary N) is 1. The molecule has 0 unspecified atom stereocenters. The summed E-state index contributed by atoms with van der Waals surface area (Å²) in [5, 5.41) is 15.0. The molecule has 0 aliphatic carbocycles. The summed E-state index contributed by atoms with van der Waals surface area (Å²) in [6.45, 7) is 4.22. The Bertz CT molecular complexity index is 617. The van der Waals surface area contributed by atoms with Crippen molar-refractivity contribution >= 4 is 17.2 Å². The number of anilines is 1. The molecule has 0 saturated heterocycles. The van der Waals surface area contributed by atoms with Crippen molar-refractivity contribution in [2.45, 2.75) is 20.3 Å². The predicted molar refractivity (Wildman–Crippen MR) is 81.2 cm³/mol. The number of nitro groups is 1. The zero-order valence-electron chi connectivity index (χ0n) is 11.9. The number of nitrogens with zero attached hydrogens (tertiary/aromatic N) is 4. The Balaban J connectivity index is 2.13. The number of non-ortho nitro benzene ring substituents is 1. The highest BCUT2D eigenvalue weighted by atomic mass is 16.6. The summed E-state index contributed by atoms with van der Waals surface area (Å²) in [5.74, 6) is 1.28. The van der Waals surface area contributed by atoms with E-state index in [-0.39, 0.29) is 5.69 Å². The number of nitro benzene ring substituents is 1. The molecule has 0 saturated carbocycles. The summed E-state index contributed by atoms with van der Waals surface area (Å²) in [6.07, 6.45) is 6.01. The van der Waals surface area contributed by atoms with Crippen molar-refractivity contribution in [3.05, 3.63) is 53.1 Å². The Morgan fingerprint density at radius 3 is 2.67 bits per heavy atom. The van der Waals surface area contributed by atoms with Crippen LogP contribution in [0, 0.1) is 16.0 Å². The van der Waals surface area contributed by atoms with Crippen LogP contribution in [0.1, 0.15) is 20.3 Å². The monoisotopic (exact) mass is 287 g/mol. The lowest BCUT2D eigenvalue weighted by Crippen LogP contribution is -2.14. The van der Waals surface area contributed by atoms with Gasteiger partial charge in [0.2, 0.25) is 0 Å². The van der Waals surface area contributed by atoms with Crippen molar-refractivity contribution in [3.63, 3.8) is 0 Å². The maximum absolute atomic E-state index is 10.6. The molecular formula is C14H17N5O2. The number of imidazole rings is 1. The van der Waals surface area contributed by atoms with Crippen LogP contribution in [0.25, 0.3) is 0 Å². The van der Waals surface area contributed by atoms with Gasteiger partial charge in [0.05, 0.1) is 10.6 Å². The minimum absolute atomic E-state index is 0.0570. The molecule has 0 aliphatic rings. The molecule has 21 heavy (non-hydrogen) atoms. The Kier molecular flexibility index (Phi) is 4.65. The normalized spacial score (nSPS) is 11.7. The number of rotatable bonds is 5. The number of hydrogen-bond donors (Lipinski definition) is 1. The van der Waals surface area contributed by atoms with Crippen LogP contribution < -0.4 is 5.43 Å². The molecule has 1 aromatic heterocycles.